The van der Waals surface area contributed by atoms with Gasteiger partial charge >= 0.3 is 5.97 Å². The van der Waals surface area contributed by atoms with Crippen LogP contribution in [0.3, 0.4) is 0 Å². The van der Waals surface area contributed by atoms with E-state index < -0.39 is 5.97 Å². The van der Waals surface area contributed by atoms with E-state index in [0.717, 1.165) is 11.1 Å². The first-order valence-electron chi connectivity index (χ1n) is 6.02. The van der Waals surface area contributed by atoms with Gasteiger partial charge in [-0.25, -0.2) is 0 Å². The smallest absolute Gasteiger partial charge is 0.308 e. The lowest BCUT2D eigenvalue weighted by Crippen LogP contribution is -2.33. The lowest BCUT2D eigenvalue weighted by Gasteiger charge is -2.20. The Morgan fingerprint density at radius 2 is 2.28 bits per heavy atom. The molecule has 0 spiro atoms. The number of rotatable bonds is 2. The molecular formula is C13H14N2O3. The summed E-state index contributed by atoms with van der Waals surface area (Å²) >= 11 is 0. The lowest BCUT2D eigenvalue weighted by atomic mass is 10.0. The van der Waals surface area contributed by atoms with Gasteiger partial charge in [-0.15, -0.1) is 0 Å². The third-order valence-corrected chi connectivity index (χ3v) is 3.60. The highest BCUT2D eigenvalue weighted by Gasteiger charge is 2.37. The van der Waals surface area contributed by atoms with E-state index in [-0.39, 0.29) is 12.0 Å². The normalized spacial score (nSPS) is 23.7. The van der Waals surface area contributed by atoms with Crippen LogP contribution < -0.4 is 4.90 Å². The number of hydrogen-bond acceptors (Lipinski definition) is 4. The quantitative estimate of drug-likeness (QED) is 0.879. The molecule has 0 aliphatic carbocycles. The zero-order valence-corrected chi connectivity index (χ0v) is 10.0. The molecule has 0 bridgehead atoms. The van der Waals surface area contributed by atoms with Crippen molar-refractivity contribution in [3.8, 4) is 0 Å². The van der Waals surface area contributed by atoms with Gasteiger partial charge in [0.25, 0.3) is 6.01 Å². The molecule has 94 valence electrons. The van der Waals surface area contributed by atoms with Gasteiger partial charge in [-0.05, 0) is 25.5 Å². The number of benzene rings is 1. The molecule has 2 unspecified atom stereocenters. The van der Waals surface area contributed by atoms with Crippen molar-refractivity contribution in [2.45, 2.75) is 19.4 Å². The largest absolute Gasteiger partial charge is 0.481 e. The predicted octanol–water partition coefficient (Wildman–Crippen LogP) is 2.13. The van der Waals surface area contributed by atoms with Crippen molar-refractivity contribution in [2.75, 3.05) is 11.4 Å². The van der Waals surface area contributed by atoms with Gasteiger partial charge in [-0.2, -0.15) is 4.98 Å². The average molecular weight is 246 g/mol. The highest BCUT2D eigenvalue weighted by atomic mass is 16.4. The number of carboxylic acids is 1. The molecule has 2 atom stereocenters. The van der Waals surface area contributed by atoms with Crippen molar-refractivity contribution in [2.24, 2.45) is 5.92 Å². The second kappa shape index (κ2) is 4.01. The monoisotopic (exact) mass is 246 g/mol. The summed E-state index contributed by atoms with van der Waals surface area (Å²) in [5, 5.41) is 9.11. The minimum atomic E-state index is -0.749. The molecule has 1 aromatic carbocycles. The molecule has 0 saturated carbocycles. The van der Waals surface area contributed by atoms with Crippen LogP contribution in [0, 0.1) is 5.92 Å². The Bertz CT molecular complexity index is 560. The first kappa shape index (κ1) is 11.1. The minimum Gasteiger partial charge on any atom is -0.481 e. The topological polar surface area (TPSA) is 66.6 Å². The van der Waals surface area contributed by atoms with Crippen LogP contribution in [0.1, 0.15) is 13.3 Å². The molecule has 1 N–H and O–H groups in total. The van der Waals surface area contributed by atoms with E-state index in [1.807, 2.05) is 36.1 Å². The van der Waals surface area contributed by atoms with Crippen LogP contribution in [-0.2, 0) is 4.79 Å². The third-order valence-electron chi connectivity index (χ3n) is 3.60. The van der Waals surface area contributed by atoms with E-state index in [1.165, 1.54) is 0 Å². The predicted molar refractivity (Wildman–Crippen MR) is 66.6 cm³/mol. The number of nitrogens with zero attached hydrogens (tertiary/aromatic N) is 2. The van der Waals surface area contributed by atoms with Crippen LogP contribution >= 0.6 is 0 Å². The van der Waals surface area contributed by atoms with Gasteiger partial charge in [-0.1, -0.05) is 12.1 Å². The van der Waals surface area contributed by atoms with E-state index in [0.29, 0.717) is 19.0 Å². The van der Waals surface area contributed by atoms with E-state index in [2.05, 4.69) is 4.98 Å². The van der Waals surface area contributed by atoms with Crippen molar-refractivity contribution >= 4 is 23.1 Å². The Balaban J connectivity index is 1.93. The van der Waals surface area contributed by atoms with Crippen LogP contribution in [-0.4, -0.2) is 28.6 Å². The molecule has 0 amide bonds. The van der Waals surface area contributed by atoms with Crippen molar-refractivity contribution < 1.29 is 14.3 Å². The second-order valence-corrected chi connectivity index (χ2v) is 4.63. The minimum absolute atomic E-state index is 0.0874. The Labute approximate surface area is 104 Å². The second-order valence-electron chi connectivity index (χ2n) is 4.63. The standard InChI is InChI=1S/C13H14N2O3/c1-8-9(12(16)17)6-7-15(8)13-14-10-4-2-3-5-11(10)18-13/h2-5,8-9H,6-7H2,1H3,(H,16,17). The maximum atomic E-state index is 11.1. The molecule has 5 heteroatoms. The molecule has 1 aliphatic heterocycles. The number of carboxylic acid groups (broad SMARTS) is 1. The van der Waals surface area contributed by atoms with Gasteiger partial charge in [0.05, 0.1) is 5.92 Å². The highest BCUT2D eigenvalue weighted by molar-refractivity contribution is 5.75. The van der Waals surface area contributed by atoms with Gasteiger partial charge in [0.1, 0.15) is 5.52 Å². The van der Waals surface area contributed by atoms with E-state index in [4.69, 9.17) is 9.52 Å². The number of hydrogen-bond donors (Lipinski definition) is 1. The average Bonchev–Trinajstić information content (AvgIpc) is 2.91. The molecule has 2 aromatic rings. The van der Waals surface area contributed by atoms with Crippen molar-refractivity contribution in [3.05, 3.63) is 24.3 Å². The Hall–Kier alpha value is -2.04. The van der Waals surface area contributed by atoms with Crippen LogP contribution in [0.25, 0.3) is 11.1 Å². The molecular weight excluding hydrogens is 232 g/mol. The molecule has 1 fully saturated rings. The number of anilines is 1. The number of carbonyl (C=O) groups is 1. The summed E-state index contributed by atoms with van der Waals surface area (Å²) in [6.45, 7) is 2.58. The molecule has 3 rings (SSSR count). The SMILES string of the molecule is CC1C(C(=O)O)CCN1c1nc2ccccc2o1. The number of aliphatic carboxylic acids is 1. The van der Waals surface area contributed by atoms with E-state index in [9.17, 15) is 4.79 Å². The molecule has 1 saturated heterocycles. The van der Waals surface area contributed by atoms with Crippen LogP contribution in [0.5, 0.6) is 0 Å². The van der Waals surface area contributed by atoms with Gasteiger partial charge in [-0.3, -0.25) is 4.79 Å². The summed E-state index contributed by atoms with van der Waals surface area (Å²) in [7, 11) is 0. The number of fused-ring (bicyclic) bond motifs is 1. The van der Waals surface area contributed by atoms with Gasteiger partial charge in [0.2, 0.25) is 0 Å². The molecule has 0 radical (unpaired) electrons. The summed E-state index contributed by atoms with van der Waals surface area (Å²) in [5.41, 5.74) is 1.54. The summed E-state index contributed by atoms with van der Waals surface area (Å²) in [6, 6.07) is 7.98. The molecule has 1 aliphatic rings. The molecule has 2 heterocycles. The van der Waals surface area contributed by atoms with Crippen molar-refractivity contribution in [3.63, 3.8) is 0 Å². The van der Waals surface area contributed by atoms with Crippen LogP contribution in [0.4, 0.5) is 6.01 Å². The first-order valence-corrected chi connectivity index (χ1v) is 6.02. The maximum Gasteiger partial charge on any atom is 0.308 e. The van der Waals surface area contributed by atoms with Gasteiger partial charge in [0.15, 0.2) is 5.58 Å². The molecule has 1 aromatic heterocycles. The fraction of sp³-hybridized carbons (Fsp3) is 0.385. The first-order chi connectivity index (χ1) is 8.66. The van der Waals surface area contributed by atoms with Crippen LogP contribution in [0.15, 0.2) is 28.7 Å². The highest BCUT2D eigenvalue weighted by Crippen LogP contribution is 2.31. The maximum absolute atomic E-state index is 11.1. The van der Waals surface area contributed by atoms with Gasteiger partial charge in [0, 0.05) is 12.6 Å². The third kappa shape index (κ3) is 1.63. The van der Waals surface area contributed by atoms with Crippen molar-refractivity contribution in [1.82, 2.24) is 4.98 Å². The Morgan fingerprint density at radius 3 is 2.94 bits per heavy atom. The summed E-state index contributed by atoms with van der Waals surface area (Å²) in [4.78, 5) is 17.4. The number of aromatic nitrogens is 1. The summed E-state index contributed by atoms with van der Waals surface area (Å²) in [5.74, 6) is -1.10. The zero-order chi connectivity index (χ0) is 12.7. The zero-order valence-electron chi connectivity index (χ0n) is 10.0. The van der Waals surface area contributed by atoms with E-state index in [1.54, 1.807) is 0 Å². The lowest BCUT2D eigenvalue weighted by molar-refractivity contribution is -0.141. The fourth-order valence-electron chi connectivity index (χ4n) is 2.52. The van der Waals surface area contributed by atoms with E-state index >= 15 is 0 Å². The van der Waals surface area contributed by atoms with Crippen LogP contribution in [0.2, 0.25) is 0 Å². The Morgan fingerprint density at radius 1 is 1.50 bits per heavy atom. The Kier molecular flexibility index (Phi) is 2.47. The number of oxazole rings is 1. The number of para-hydroxylation sites is 2. The fourth-order valence-corrected chi connectivity index (χ4v) is 2.52. The summed E-state index contributed by atoms with van der Waals surface area (Å²) < 4.78 is 5.67. The van der Waals surface area contributed by atoms with Crippen molar-refractivity contribution in [1.29, 1.82) is 0 Å². The van der Waals surface area contributed by atoms with Gasteiger partial charge < -0.3 is 14.4 Å². The summed E-state index contributed by atoms with van der Waals surface area (Å²) in [6.07, 6.45) is 0.634. The molecule has 5 nitrogen and oxygen atoms in total. The molecule has 18 heavy (non-hydrogen) atoms.